The van der Waals surface area contributed by atoms with Crippen molar-refractivity contribution in [2.75, 3.05) is 47.3 Å². The Morgan fingerprint density at radius 2 is 1.60 bits per heavy atom. The molecule has 2 aliphatic rings. The number of phosphoric ester groups is 2. The molecule has 8 N–H and O–H groups in total. The number of nitrogens with one attached hydrogen (secondary N) is 2. The molecule has 288 valence electrons. The minimum Gasteiger partial charge on any atom is -0.396 e. The van der Waals surface area contributed by atoms with Gasteiger partial charge < -0.3 is 50.2 Å². The third-order valence-electron chi connectivity index (χ3n) is 7.59. The molecule has 0 aliphatic carbocycles. The van der Waals surface area contributed by atoms with E-state index in [0.29, 0.717) is 38.9 Å². The summed E-state index contributed by atoms with van der Waals surface area (Å²) in [4.78, 5) is 38.2. The minimum atomic E-state index is -5.10. The van der Waals surface area contributed by atoms with Crippen LogP contribution in [0.4, 0.5) is 0 Å². The summed E-state index contributed by atoms with van der Waals surface area (Å²) in [6.45, 7) is -0.856. The number of aromatic nitrogens is 2. The van der Waals surface area contributed by atoms with E-state index in [1.807, 2.05) is 4.98 Å². The van der Waals surface area contributed by atoms with Gasteiger partial charge in [-0.25, -0.2) is 13.9 Å². The summed E-state index contributed by atoms with van der Waals surface area (Å²) >= 11 is 0. The lowest BCUT2D eigenvalue weighted by Gasteiger charge is -2.42. The summed E-state index contributed by atoms with van der Waals surface area (Å²) in [5.74, 6) is -0.624. The van der Waals surface area contributed by atoms with Gasteiger partial charge in [0.15, 0.2) is 12.5 Å². The highest BCUT2D eigenvalue weighted by atomic mass is 31.3. The maximum Gasteiger partial charge on any atom is 0.485 e. The Morgan fingerprint density at radius 3 is 2.24 bits per heavy atom. The lowest BCUT2D eigenvalue weighted by atomic mass is 9.97. The molecule has 0 bridgehead atoms. The van der Waals surface area contributed by atoms with Crippen LogP contribution in [0.1, 0.15) is 38.3 Å². The maximum atomic E-state index is 13.6. The number of hydrogen-bond acceptors (Lipinski definition) is 19. The Labute approximate surface area is 285 Å². The highest BCUT2D eigenvalue weighted by molar-refractivity contribution is 7.62. The van der Waals surface area contributed by atoms with Crippen molar-refractivity contribution in [2.45, 2.75) is 87.3 Å². The van der Waals surface area contributed by atoms with E-state index in [-0.39, 0.29) is 13.0 Å². The van der Waals surface area contributed by atoms with E-state index in [4.69, 9.17) is 41.7 Å². The second-order valence-corrected chi connectivity index (χ2v) is 14.7. The molecular formula is C26H45N3O19P2. The highest BCUT2D eigenvalue weighted by Crippen LogP contribution is 2.66. The third-order valence-corrected chi connectivity index (χ3v) is 11.0. The molecule has 3 rings (SSSR count). The lowest BCUT2D eigenvalue weighted by molar-refractivity contribution is -0.248. The molecule has 24 heteroatoms. The molecule has 50 heavy (non-hydrogen) atoms. The molecular weight excluding hydrogens is 720 g/mol. The Kier molecular flexibility index (Phi) is 16.8. The van der Waals surface area contributed by atoms with Crippen LogP contribution in [-0.4, -0.2) is 142 Å². The van der Waals surface area contributed by atoms with Crippen LogP contribution in [0.25, 0.3) is 0 Å². The van der Waals surface area contributed by atoms with Gasteiger partial charge in [0, 0.05) is 52.7 Å². The number of aliphatic hydroxyl groups is 6. The largest absolute Gasteiger partial charge is 0.485 e. The first-order valence-electron chi connectivity index (χ1n) is 15.5. The third kappa shape index (κ3) is 11.5. The normalized spacial score (nSPS) is 30.8. The van der Waals surface area contributed by atoms with Gasteiger partial charge in [-0.3, -0.25) is 37.2 Å². The van der Waals surface area contributed by atoms with Crippen molar-refractivity contribution in [2.24, 2.45) is 0 Å². The van der Waals surface area contributed by atoms with E-state index in [9.17, 15) is 49.0 Å². The predicted molar refractivity (Wildman–Crippen MR) is 165 cm³/mol. The smallest absolute Gasteiger partial charge is 0.396 e. The van der Waals surface area contributed by atoms with Crippen molar-refractivity contribution in [1.29, 1.82) is 0 Å². The molecule has 3 heterocycles. The highest BCUT2D eigenvalue weighted by Gasteiger charge is 2.51. The summed E-state index contributed by atoms with van der Waals surface area (Å²) in [7, 11) is -8.43. The maximum absolute atomic E-state index is 13.6. The van der Waals surface area contributed by atoms with E-state index >= 15 is 0 Å². The molecule has 8 unspecified atom stereocenters. The standard InChI is InChI=1S/C26H45N3O19P2/c1-41-49(39,44-14-16-21(35)23(37)24(45-16)29-9-8-18(33)28-26(29)38)48-50(40,42-2)47-25-19(22(36)20(34)15(13-31)46-25)27-17(32)7-4-3-5-11-43-12-6-10-30/h8-9,15-16,19-25,30-31,34-37H,3-7,10-14H2,1-2H3,(H,27,32)(H,28,33,38)/t15?,16?,19?,20-,21?,22-,23?,24?,25-,49?,50?/m1/s1. The summed E-state index contributed by atoms with van der Waals surface area (Å²) in [5.41, 5.74) is -1.69. The molecule has 1 aromatic rings. The Morgan fingerprint density at radius 1 is 0.920 bits per heavy atom. The molecule has 0 aromatic carbocycles. The summed E-state index contributed by atoms with van der Waals surface area (Å²) < 4.78 is 69.1. The van der Waals surface area contributed by atoms with Gasteiger partial charge in [-0.2, -0.15) is 4.31 Å². The van der Waals surface area contributed by atoms with E-state index in [1.54, 1.807) is 0 Å². The van der Waals surface area contributed by atoms with E-state index < -0.39 is 101 Å². The molecule has 0 saturated carbocycles. The van der Waals surface area contributed by atoms with Crippen LogP contribution in [0.2, 0.25) is 0 Å². The van der Waals surface area contributed by atoms with Gasteiger partial charge in [-0.15, -0.1) is 0 Å². The SMILES string of the molecule is COP(=O)(OCC1OC(n2ccc(=O)[nH]c2=O)C(O)C1O)OP(=O)(OC)O[C@H]1OC(CO)[C@@H](O)[C@H](O)C1NC(=O)CCCCCOCCCO. The molecule has 1 aromatic heterocycles. The van der Waals surface area contributed by atoms with Crippen molar-refractivity contribution < 1.29 is 81.2 Å². The van der Waals surface area contributed by atoms with Crippen LogP contribution in [-0.2, 0) is 50.5 Å². The topological polar surface area (TPSA) is 313 Å². The number of H-pyrrole nitrogens is 1. The molecule has 1 amide bonds. The average molecular weight is 766 g/mol. The molecule has 2 aliphatic heterocycles. The first-order valence-corrected chi connectivity index (χ1v) is 18.4. The number of amides is 1. The van der Waals surface area contributed by atoms with Crippen molar-refractivity contribution in [3.8, 4) is 0 Å². The summed E-state index contributed by atoms with van der Waals surface area (Å²) in [5, 5.41) is 62.9. The molecule has 0 radical (unpaired) electrons. The van der Waals surface area contributed by atoms with Crippen LogP contribution < -0.4 is 16.6 Å². The molecule has 2 saturated heterocycles. The van der Waals surface area contributed by atoms with Gasteiger partial charge in [0.1, 0.15) is 42.7 Å². The zero-order valence-electron chi connectivity index (χ0n) is 27.3. The fourth-order valence-corrected chi connectivity index (χ4v) is 7.67. The summed E-state index contributed by atoms with van der Waals surface area (Å²) in [6, 6.07) is -0.646. The molecule has 22 nitrogen and oxygen atoms in total. The van der Waals surface area contributed by atoms with Crippen LogP contribution in [0.3, 0.4) is 0 Å². The van der Waals surface area contributed by atoms with Gasteiger partial charge in [-0.05, 0) is 19.3 Å². The van der Waals surface area contributed by atoms with E-state index in [1.165, 1.54) is 0 Å². The second kappa shape index (κ2) is 19.8. The monoisotopic (exact) mass is 765 g/mol. The number of hydrogen-bond donors (Lipinski definition) is 8. The lowest BCUT2D eigenvalue weighted by Crippen LogP contribution is -2.64. The summed E-state index contributed by atoms with van der Waals surface area (Å²) in [6.07, 6.45) is -10.3. The number of aromatic amines is 1. The number of aliphatic hydroxyl groups excluding tert-OH is 6. The van der Waals surface area contributed by atoms with Crippen molar-refractivity contribution in [3.05, 3.63) is 33.1 Å². The van der Waals surface area contributed by atoms with Gasteiger partial charge in [0.05, 0.1) is 13.2 Å². The van der Waals surface area contributed by atoms with Crippen molar-refractivity contribution in [3.63, 3.8) is 0 Å². The zero-order valence-corrected chi connectivity index (χ0v) is 29.0. The van der Waals surface area contributed by atoms with Gasteiger partial charge in [0.25, 0.3) is 5.56 Å². The number of carbonyl (C=O) groups excluding carboxylic acids is 1. The fraction of sp³-hybridized carbons (Fsp3) is 0.808. The Balaban J connectivity index is 1.66. The minimum absolute atomic E-state index is 0.0144. The van der Waals surface area contributed by atoms with Crippen LogP contribution in [0, 0.1) is 0 Å². The molecule has 2 fully saturated rings. The van der Waals surface area contributed by atoms with Gasteiger partial charge in [-0.1, -0.05) is 6.42 Å². The molecule has 0 spiro atoms. The number of ether oxygens (including phenoxy) is 3. The molecule has 11 atom stereocenters. The van der Waals surface area contributed by atoms with Crippen LogP contribution >= 0.6 is 15.6 Å². The average Bonchev–Trinajstić information content (AvgIpc) is 3.36. The second-order valence-electron chi connectivity index (χ2n) is 11.1. The quantitative estimate of drug-likeness (QED) is 0.0478. The Bertz CT molecular complexity index is 1430. The number of nitrogens with zero attached hydrogens (tertiary/aromatic N) is 1. The van der Waals surface area contributed by atoms with Gasteiger partial charge in [0.2, 0.25) is 5.91 Å². The van der Waals surface area contributed by atoms with Crippen LogP contribution in [0.15, 0.2) is 21.9 Å². The van der Waals surface area contributed by atoms with E-state index in [0.717, 1.165) is 31.0 Å². The van der Waals surface area contributed by atoms with Gasteiger partial charge >= 0.3 is 21.3 Å². The first-order chi connectivity index (χ1) is 23.7. The number of rotatable bonds is 21. The number of phosphoric acid groups is 2. The van der Waals surface area contributed by atoms with E-state index in [2.05, 4.69) is 5.32 Å². The van der Waals surface area contributed by atoms with Crippen LogP contribution in [0.5, 0.6) is 0 Å². The number of carbonyl (C=O) groups is 1. The van der Waals surface area contributed by atoms with Crippen molar-refractivity contribution in [1.82, 2.24) is 14.9 Å². The Hall–Kier alpha value is -1.95. The predicted octanol–water partition coefficient (Wildman–Crippen LogP) is -2.40. The zero-order chi connectivity index (χ0) is 37.1. The van der Waals surface area contributed by atoms with Crippen molar-refractivity contribution >= 4 is 21.6 Å². The fourth-order valence-electron chi connectivity index (χ4n) is 4.86. The number of unbranched alkanes of at least 4 members (excludes halogenated alkanes) is 2. The first kappa shape index (κ1) is 42.5.